The van der Waals surface area contributed by atoms with Crippen LogP contribution in [0.15, 0.2) is 34.3 Å². The first-order valence-electron chi connectivity index (χ1n) is 9.81. The molecule has 1 N–H and O–H groups in total. The van der Waals surface area contributed by atoms with E-state index in [1.54, 1.807) is 10.8 Å². The van der Waals surface area contributed by atoms with Crippen molar-refractivity contribution in [1.29, 1.82) is 0 Å². The summed E-state index contributed by atoms with van der Waals surface area (Å²) in [6.07, 6.45) is 4.92. The molecule has 0 radical (unpaired) electrons. The van der Waals surface area contributed by atoms with Crippen LogP contribution in [0.5, 0.6) is 0 Å². The lowest BCUT2D eigenvalue weighted by Crippen LogP contribution is -2.28. The normalized spacial score (nSPS) is 11.1. The molecule has 0 unspecified atom stereocenters. The summed E-state index contributed by atoms with van der Waals surface area (Å²) in [7, 11) is 0. The molecule has 6 nitrogen and oxygen atoms in total. The molecule has 3 rings (SSSR count). The molecule has 0 aliphatic carbocycles. The number of aryl methyl sites for hydroxylation is 2. The highest BCUT2D eigenvalue weighted by Crippen LogP contribution is 2.28. The van der Waals surface area contributed by atoms with E-state index in [-0.39, 0.29) is 17.2 Å². The van der Waals surface area contributed by atoms with Crippen molar-refractivity contribution in [3.8, 4) is 0 Å². The zero-order valence-electron chi connectivity index (χ0n) is 17.0. The number of carbonyl (C=O) groups is 1. The first-order chi connectivity index (χ1) is 14.0. The lowest BCUT2D eigenvalue weighted by molar-refractivity contribution is -0.118. The Bertz CT molecular complexity index is 1040. The lowest BCUT2D eigenvalue weighted by Gasteiger charge is -2.12. The van der Waals surface area contributed by atoms with E-state index in [9.17, 15) is 9.59 Å². The first-order valence-corrected chi connectivity index (χ1v) is 11.6. The van der Waals surface area contributed by atoms with Gasteiger partial charge in [-0.3, -0.25) is 19.1 Å². The van der Waals surface area contributed by atoms with Crippen LogP contribution in [0, 0.1) is 13.8 Å². The van der Waals surface area contributed by atoms with Crippen molar-refractivity contribution in [2.75, 3.05) is 12.3 Å². The molecule has 0 aromatic carbocycles. The molecule has 0 saturated heterocycles. The predicted molar refractivity (Wildman–Crippen MR) is 120 cm³/mol. The van der Waals surface area contributed by atoms with Crippen LogP contribution < -0.4 is 10.9 Å². The van der Waals surface area contributed by atoms with E-state index < -0.39 is 0 Å². The Morgan fingerprint density at radius 2 is 2.10 bits per heavy atom. The van der Waals surface area contributed by atoms with Gasteiger partial charge in [-0.05, 0) is 38.0 Å². The maximum Gasteiger partial charge on any atom is 0.263 e. The second kappa shape index (κ2) is 10.0. The fraction of sp³-hybridized carbons (Fsp3) is 0.429. The molecule has 0 atom stereocenters. The highest BCUT2D eigenvalue weighted by Gasteiger charge is 2.18. The molecule has 0 bridgehead atoms. The van der Waals surface area contributed by atoms with Crippen LogP contribution in [0.1, 0.15) is 42.3 Å². The van der Waals surface area contributed by atoms with Crippen LogP contribution in [-0.2, 0) is 11.3 Å². The predicted octanol–water partition coefficient (Wildman–Crippen LogP) is 3.92. The molecule has 154 valence electrons. The van der Waals surface area contributed by atoms with Crippen LogP contribution in [0.3, 0.4) is 0 Å². The number of pyridine rings is 1. The molecule has 0 fully saturated rings. The van der Waals surface area contributed by atoms with Gasteiger partial charge < -0.3 is 5.32 Å². The van der Waals surface area contributed by atoms with Crippen molar-refractivity contribution in [2.24, 2.45) is 0 Å². The summed E-state index contributed by atoms with van der Waals surface area (Å²) >= 11 is 2.82. The molecule has 0 aliphatic heterocycles. The summed E-state index contributed by atoms with van der Waals surface area (Å²) < 4.78 is 1.64. The van der Waals surface area contributed by atoms with Gasteiger partial charge in [-0.1, -0.05) is 37.6 Å². The van der Waals surface area contributed by atoms with Crippen LogP contribution in [-0.4, -0.2) is 32.7 Å². The number of aromatic nitrogens is 3. The van der Waals surface area contributed by atoms with Crippen LogP contribution >= 0.6 is 23.1 Å². The van der Waals surface area contributed by atoms with Gasteiger partial charge in [0.1, 0.15) is 4.83 Å². The van der Waals surface area contributed by atoms with E-state index in [4.69, 9.17) is 4.98 Å². The Morgan fingerprint density at radius 1 is 1.28 bits per heavy atom. The number of unbranched alkanes of at least 4 members (excludes halogenated alkanes) is 2. The molecule has 0 spiro atoms. The number of hydrogen-bond acceptors (Lipinski definition) is 6. The van der Waals surface area contributed by atoms with Gasteiger partial charge in [0, 0.05) is 17.6 Å². The SMILES string of the molecule is CCCCCNC(=O)CSc1nc2sc(C)c(C)c2c(=O)n1Cc1ccccn1. The van der Waals surface area contributed by atoms with E-state index in [1.807, 2.05) is 32.0 Å². The third-order valence-corrected chi connectivity index (χ3v) is 6.81. The molecule has 0 aliphatic rings. The fourth-order valence-electron chi connectivity index (χ4n) is 3.00. The van der Waals surface area contributed by atoms with E-state index in [2.05, 4.69) is 17.2 Å². The van der Waals surface area contributed by atoms with E-state index in [0.717, 1.165) is 40.2 Å². The number of carbonyl (C=O) groups excluding carboxylic acids is 1. The smallest absolute Gasteiger partial charge is 0.263 e. The molecule has 3 aromatic rings. The molecule has 8 heteroatoms. The number of thioether (sulfide) groups is 1. The Hall–Kier alpha value is -2.19. The van der Waals surface area contributed by atoms with Crippen molar-refractivity contribution in [3.05, 3.63) is 50.9 Å². The van der Waals surface area contributed by atoms with Crippen LogP contribution in [0.4, 0.5) is 0 Å². The number of hydrogen-bond donors (Lipinski definition) is 1. The van der Waals surface area contributed by atoms with Gasteiger partial charge in [-0.15, -0.1) is 11.3 Å². The maximum absolute atomic E-state index is 13.3. The zero-order chi connectivity index (χ0) is 20.8. The number of amides is 1. The van der Waals surface area contributed by atoms with Gasteiger partial charge in [0.25, 0.3) is 5.56 Å². The third kappa shape index (κ3) is 5.25. The van der Waals surface area contributed by atoms with Crippen molar-refractivity contribution < 1.29 is 4.79 Å². The minimum absolute atomic E-state index is 0.0385. The van der Waals surface area contributed by atoms with E-state index in [1.165, 1.54) is 23.1 Å². The molecule has 0 saturated carbocycles. The van der Waals surface area contributed by atoms with Gasteiger partial charge in [0.15, 0.2) is 5.16 Å². The number of nitrogens with zero attached hydrogens (tertiary/aromatic N) is 3. The average molecular weight is 431 g/mol. The van der Waals surface area contributed by atoms with E-state index in [0.29, 0.717) is 23.6 Å². The Labute approximate surface area is 178 Å². The molecule has 1 amide bonds. The van der Waals surface area contributed by atoms with Gasteiger partial charge in [-0.25, -0.2) is 4.98 Å². The lowest BCUT2D eigenvalue weighted by atomic mass is 10.2. The third-order valence-electron chi connectivity index (χ3n) is 4.73. The zero-order valence-corrected chi connectivity index (χ0v) is 18.7. The first kappa shape index (κ1) is 21.5. The van der Waals surface area contributed by atoms with Gasteiger partial charge >= 0.3 is 0 Å². The number of nitrogens with one attached hydrogen (secondary N) is 1. The minimum atomic E-state index is -0.0756. The largest absolute Gasteiger partial charge is 0.355 e. The Kier molecular flexibility index (Phi) is 7.44. The van der Waals surface area contributed by atoms with Crippen molar-refractivity contribution in [2.45, 2.75) is 51.7 Å². The van der Waals surface area contributed by atoms with Crippen LogP contribution in [0.25, 0.3) is 10.2 Å². The van der Waals surface area contributed by atoms with Gasteiger partial charge in [0.05, 0.1) is 23.4 Å². The summed E-state index contributed by atoms with van der Waals surface area (Å²) in [6.45, 7) is 7.11. The monoisotopic (exact) mass is 430 g/mol. The second-order valence-corrected chi connectivity index (χ2v) is 9.06. The Morgan fingerprint density at radius 3 is 2.83 bits per heavy atom. The number of rotatable bonds is 9. The summed E-state index contributed by atoms with van der Waals surface area (Å²) in [4.78, 5) is 36.4. The van der Waals surface area contributed by atoms with Gasteiger partial charge in [0.2, 0.25) is 5.91 Å². The summed E-state index contributed by atoms with van der Waals surface area (Å²) in [6, 6.07) is 5.63. The van der Waals surface area contributed by atoms with E-state index >= 15 is 0 Å². The molecular formula is C21H26N4O2S2. The highest BCUT2D eigenvalue weighted by molar-refractivity contribution is 7.99. The maximum atomic E-state index is 13.3. The minimum Gasteiger partial charge on any atom is -0.355 e. The topological polar surface area (TPSA) is 76.9 Å². The summed E-state index contributed by atoms with van der Waals surface area (Å²) in [5.74, 6) is 0.193. The highest BCUT2D eigenvalue weighted by atomic mass is 32.2. The summed E-state index contributed by atoms with van der Waals surface area (Å²) in [5, 5.41) is 4.15. The Balaban J connectivity index is 1.87. The van der Waals surface area contributed by atoms with Gasteiger partial charge in [-0.2, -0.15) is 0 Å². The average Bonchev–Trinajstić information content (AvgIpc) is 3.00. The number of thiophene rings is 1. The van der Waals surface area contributed by atoms with Crippen molar-refractivity contribution in [1.82, 2.24) is 19.9 Å². The molecule has 3 heterocycles. The molecular weight excluding hydrogens is 404 g/mol. The van der Waals surface area contributed by atoms with Crippen molar-refractivity contribution >= 4 is 39.2 Å². The fourth-order valence-corrected chi connectivity index (χ4v) is 4.89. The number of fused-ring (bicyclic) bond motifs is 1. The standard InChI is InChI=1S/C21H26N4O2S2/c1-4-5-7-11-23-17(26)13-28-21-24-19-18(14(2)15(3)29-19)20(27)25(21)12-16-9-6-8-10-22-16/h6,8-10H,4-5,7,11-13H2,1-3H3,(H,23,26). The second-order valence-electron chi connectivity index (χ2n) is 6.92. The van der Waals surface area contributed by atoms with Crippen LogP contribution in [0.2, 0.25) is 0 Å². The quantitative estimate of drug-likeness (QED) is 0.316. The molecule has 29 heavy (non-hydrogen) atoms. The van der Waals surface area contributed by atoms with Crippen molar-refractivity contribution in [3.63, 3.8) is 0 Å². The molecule has 3 aromatic heterocycles. The summed E-state index contributed by atoms with van der Waals surface area (Å²) in [5.41, 5.74) is 1.68.